The zero-order valence-corrected chi connectivity index (χ0v) is 14.6. The molecule has 4 rings (SSSR count). The van der Waals surface area contributed by atoms with Crippen molar-refractivity contribution in [2.75, 3.05) is 31.1 Å². The van der Waals surface area contributed by atoms with Crippen molar-refractivity contribution in [3.63, 3.8) is 0 Å². The summed E-state index contributed by atoms with van der Waals surface area (Å²) >= 11 is 0. The highest BCUT2D eigenvalue weighted by molar-refractivity contribution is 5.74. The molecule has 0 saturated carbocycles. The Balaban J connectivity index is 1.38. The van der Waals surface area contributed by atoms with Gasteiger partial charge in [0.15, 0.2) is 5.58 Å². The summed E-state index contributed by atoms with van der Waals surface area (Å²) in [7, 11) is 0. The van der Waals surface area contributed by atoms with Gasteiger partial charge in [-0.2, -0.15) is 10.1 Å². The average Bonchev–Trinajstić information content (AvgIpc) is 3.20. The molecule has 1 fully saturated rings. The maximum atomic E-state index is 5.88. The van der Waals surface area contributed by atoms with Gasteiger partial charge in [-0.3, -0.25) is 9.58 Å². The van der Waals surface area contributed by atoms with Gasteiger partial charge in [0.2, 0.25) is 0 Å². The lowest BCUT2D eigenvalue weighted by atomic mass is 10.2. The fourth-order valence-electron chi connectivity index (χ4n) is 3.27. The summed E-state index contributed by atoms with van der Waals surface area (Å²) in [5.74, 6) is 0. The van der Waals surface area contributed by atoms with E-state index in [1.54, 1.807) is 0 Å². The molecule has 130 valence electrons. The highest BCUT2D eigenvalue weighted by Gasteiger charge is 2.22. The van der Waals surface area contributed by atoms with E-state index in [-0.39, 0.29) is 0 Å². The number of nitrogens with zero attached hydrogens (tertiary/aromatic N) is 5. The molecular weight excluding hydrogens is 314 g/mol. The average molecular weight is 337 g/mol. The van der Waals surface area contributed by atoms with Crippen LogP contribution in [-0.2, 0) is 13.1 Å². The smallest absolute Gasteiger partial charge is 0.298 e. The first-order valence-corrected chi connectivity index (χ1v) is 8.69. The van der Waals surface area contributed by atoms with Gasteiger partial charge >= 0.3 is 0 Å². The summed E-state index contributed by atoms with van der Waals surface area (Å²) in [5.41, 5.74) is 4.16. The standard InChI is InChI=1S/C19H23N5O/c1-3-8-24-14-16(15(2)21-24)13-22-9-11-23(12-10-22)19-20-17-6-4-5-7-18(17)25-19/h3-7,14H,1,8-13H2,2H3. The van der Waals surface area contributed by atoms with Crippen molar-refractivity contribution in [3.05, 3.63) is 54.4 Å². The fraction of sp³-hybridized carbons (Fsp3) is 0.368. The van der Waals surface area contributed by atoms with Crippen LogP contribution in [0, 0.1) is 6.92 Å². The Morgan fingerprint density at radius 3 is 2.76 bits per heavy atom. The second-order valence-corrected chi connectivity index (χ2v) is 6.48. The van der Waals surface area contributed by atoms with Gasteiger partial charge in [-0.1, -0.05) is 18.2 Å². The van der Waals surface area contributed by atoms with Gasteiger partial charge in [-0.25, -0.2) is 0 Å². The Labute approximate surface area is 147 Å². The van der Waals surface area contributed by atoms with Crippen LogP contribution in [0.5, 0.6) is 0 Å². The van der Waals surface area contributed by atoms with Gasteiger partial charge in [-0.05, 0) is 19.1 Å². The fourth-order valence-corrected chi connectivity index (χ4v) is 3.27. The highest BCUT2D eigenvalue weighted by Crippen LogP contribution is 2.23. The third kappa shape index (κ3) is 3.30. The first-order chi connectivity index (χ1) is 12.2. The molecule has 1 aliphatic rings. The molecule has 0 bridgehead atoms. The summed E-state index contributed by atoms with van der Waals surface area (Å²) in [6.45, 7) is 11.4. The summed E-state index contributed by atoms with van der Waals surface area (Å²) in [6.07, 6.45) is 4.00. The second kappa shape index (κ2) is 6.72. The van der Waals surface area contributed by atoms with Crippen molar-refractivity contribution in [2.24, 2.45) is 0 Å². The van der Waals surface area contributed by atoms with E-state index in [1.165, 1.54) is 5.56 Å². The zero-order chi connectivity index (χ0) is 17.2. The van der Waals surface area contributed by atoms with Crippen LogP contribution in [0.15, 0.2) is 47.5 Å². The molecule has 1 aliphatic heterocycles. The molecule has 0 spiro atoms. The number of allylic oxidation sites excluding steroid dienone is 1. The number of para-hydroxylation sites is 2. The highest BCUT2D eigenvalue weighted by atomic mass is 16.4. The van der Waals surface area contributed by atoms with Crippen LogP contribution in [0.1, 0.15) is 11.3 Å². The van der Waals surface area contributed by atoms with Crippen molar-refractivity contribution >= 4 is 17.1 Å². The number of aromatic nitrogens is 3. The van der Waals surface area contributed by atoms with Gasteiger partial charge < -0.3 is 9.32 Å². The number of fused-ring (bicyclic) bond motifs is 1. The molecule has 0 atom stereocenters. The molecule has 0 amide bonds. The lowest BCUT2D eigenvalue weighted by Gasteiger charge is -2.33. The first-order valence-electron chi connectivity index (χ1n) is 8.69. The number of oxazole rings is 1. The van der Waals surface area contributed by atoms with Crippen LogP contribution in [0.4, 0.5) is 6.01 Å². The number of aryl methyl sites for hydroxylation is 1. The van der Waals surface area contributed by atoms with Crippen molar-refractivity contribution in [1.29, 1.82) is 0 Å². The minimum absolute atomic E-state index is 0.732. The van der Waals surface area contributed by atoms with Crippen molar-refractivity contribution in [2.45, 2.75) is 20.0 Å². The number of anilines is 1. The van der Waals surface area contributed by atoms with E-state index in [0.29, 0.717) is 0 Å². The predicted octanol–water partition coefficient (Wildman–Crippen LogP) is 2.84. The zero-order valence-electron chi connectivity index (χ0n) is 14.6. The van der Waals surface area contributed by atoms with Gasteiger partial charge in [0.25, 0.3) is 6.01 Å². The molecule has 3 heterocycles. The topological polar surface area (TPSA) is 50.3 Å². The largest absolute Gasteiger partial charge is 0.423 e. The molecule has 2 aromatic heterocycles. The number of benzene rings is 1. The molecule has 0 radical (unpaired) electrons. The van der Waals surface area contributed by atoms with Crippen LogP contribution < -0.4 is 4.90 Å². The monoisotopic (exact) mass is 337 g/mol. The van der Waals surface area contributed by atoms with E-state index in [0.717, 1.165) is 62.1 Å². The van der Waals surface area contributed by atoms with E-state index in [2.05, 4.69) is 39.6 Å². The van der Waals surface area contributed by atoms with Gasteiger partial charge in [0, 0.05) is 44.5 Å². The number of hydrogen-bond acceptors (Lipinski definition) is 5. The van der Waals surface area contributed by atoms with Gasteiger partial charge in [-0.15, -0.1) is 6.58 Å². The molecule has 25 heavy (non-hydrogen) atoms. The number of hydrogen-bond donors (Lipinski definition) is 0. The van der Waals surface area contributed by atoms with E-state index < -0.39 is 0 Å². The van der Waals surface area contributed by atoms with Crippen molar-refractivity contribution in [3.8, 4) is 0 Å². The molecule has 0 N–H and O–H groups in total. The maximum Gasteiger partial charge on any atom is 0.298 e. The lowest BCUT2D eigenvalue weighted by Crippen LogP contribution is -2.46. The quantitative estimate of drug-likeness (QED) is 0.670. The molecule has 0 unspecified atom stereocenters. The van der Waals surface area contributed by atoms with E-state index >= 15 is 0 Å². The van der Waals surface area contributed by atoms with Crippen molar-refractivity contribution in [1.82, 2.24) is 19.7 Å². The molecule has 1 saturated heterocycles. The van der Waals surface area contributed by atoms with Crippen LogP contribution >= 0.6 is 0 Å². The van der Waals surface area contributed by atoms with Gasteiger partial charge in [0.1, 0.15) is 5.52 Å². The summed E-state index contributed by atoms with van der Waals surface area (Å²) in [4.78, 5) is 9.29. The first kappa shape index (κ1) is 15.9. The Kier molecular flexibility index (Phi) is 4.28. The minimum Gasteiger partial charge on any atom is -0.423 e. The Bertz CT molecular complexity index is 840. The summed E-state index contributed by atoms with van der Waals surface area (Å²) in [6, 6.07) is 8.65. The van der Waals surface area contributed by atoms with Gasteiger partial charge in [0.05, 0.1) is 12.2 Å². The third-order valence-corrected chi connectivity index (χ3v) is 4.68. The summed E-state index contributed by atoms with van der Waals surface area (Å²) in [5, 5.41) is 4.54. The SMILES string of the molecule is C=CCn1cc(CN2CCN(c3nc4ccccc4o3)CC2)c(C)n1. The molecule has 0 aliphatic carbocycles. The molecule has 6 heteroatoms. The predicted molar refractivity (Wildman–Crippen MR) is 98.7 cm³/mol. The Hall–Kier alpha value is -2.60. The van der Waals surface area contributed by atoms with E-state index in [1.807, 2.05) is 35.0 Å². The van der Waals surface area contributed by atoms with E-state index in [9.17, 15) is 0 Å². The summed E-state index contributed by atoms with van der Waals surface area (Å²) < 4.78 is 7.83. The maximum absolute atomic E-state index is 5.88. The normalized spacial score (nSPS) is 15.8. The Morgan fingerprint density at radius 2 is 2.00 bits per heavy atom. The van der Waals surface area contributed by atoms with E-state index in [4.69, 9.17) is 4.42 Å². The van der Waals surface area contributed by atoms with Crippen LogP contribution in [-0.4, -0.2) is 45.8 Å². The van der Waals surface area contributed by atoms with Crippen LogP contribution in [0.3, 0.4) is 0 Å². The van der Waals surface area contributed by atoms with Crippen molar-refractivity contribution < 1.29 is 4.42 Å². The molecule has 6 nitrogen and oxygen atoms in total. The third-order valence-electron chi connectivity index (χ3n) is 4.68. The molecule has 1 aromatic carbocycles. The molecular formula is C19H23N5O. The molecule has 3 aromatic rings. The Morgan fingerprint density at radius 1 is 1.20 bits per heavy atom. The van der Waals surface area contributed by atoms with Crippen LogP contribution in [0.2, 0.25) is 0 Å². The lowest BCUT2D eigenvalue weighted by molar-refractivity contribution is 0.245. The second-order valence-electron chi connectivity index (χ2n) is 6.48. The number of piperazine rings is 1. The van der Waals surface area contributed by atoms with Crippen LogP contribution in [0.25, 0.3) is 11.1 Å². The number of rotatable bonds is 5. The minimum atomic E-state index is 0.732.